The van der Waals surface area contributed by atoms with Gasteiger partial charge in [-0.15, -0.1) is 0 Å². The first-order chi connectivity index (χ1) is 5.15. The van der Waals surface area contributed by atoms with E-state index in [4.69, 9.17) is 4.74 Å². The van der Waals surface area contributed by atoms with E-state index in [1.165, 1.54) is 7.11 Å². The zero-order valence-electron chi connectivity index (χ0n) is 6.10. The summed E-state index contributed by atoms with van der Waals surface area (Å²) in [5.74, 6) is 0.560. The first kappa shape index (κ1) is 8.40. The summed E-state index contributed by atoms with van der Waals surface area (Å²) in [6.45, 7) is 3.73. The molecule has 0 atom stereocenters. The van der Waals surface area contributed by atoms with E-state index >= 15 is 0 Å². The van der Waals surface area contributed by atoms with Crippen LogP contribution < -0.4 is 4.74 Å². The van der Waals surface area contributed by atoms with Crippen LogP contribution in [0.2, 0.25) is 0 Å². The Morgan fingerprint density at radius 2 is 2.18 bits per heavy atom. The molecule has 0 aliphatic heterocycles. The maximum atomic E-state index is 9.23. The van der Waals surface area contributed by atoms with Gasteiger partial charge in [0.1, 0.15) is 0 Å². The van der Waals surface area contributed by atoms with Crippen molar-refractivity contribution < 1.29 is 9.84 Å². The zero-order chi connectivity index (χ0) is 8.43. The van der Waals surface area contributed by atoms with Gasteiger partial charge in [-0.25, -0.2) is 0 Å². The fourth-order valence-electron chi connectivity index (χ4n) is 0.748. The van der Waals surface area contributed by atoms with Crippen molar-refractivity contribution >= 4 is 15.9 Å². The summed E-state index contributed by atoms with van der Waals surface area (Å²) in [6.07, 6.45) is 0. The van der Waals surface area contributed by atoms with E-state index < -0.39 is 0 Å². The molecular formula is C8H8BrO2. The van der Waals surface area contributed by atoms with Gasteiger partial charge in [-0.1, -0.05) is 15.9 Å². The third kappa shape index (κ3) is 1.66. The molecule has 1 aromatic carbocycles. The van der Waals surface area contributed by atoms with E-state index in [1.807, 2.05) is 0 Å². The summed E-state index contributed by atoms with van der Waals surface area (Å²) in [7, 11) is 1.50. The largest absolute Gasteiger partial charge is 0.504 e. The number of hydrogen-bond acceptors (Lipinski definition) is 2. The van der Waals surface area contributed by atoms with Gasteiger partial charge in [-0.3, -0.25) is 0 Å². The van der Waals surface area contributed by atoms with Gasteiger partial charge in [0.25, 0.3) is 0 Å². The van der Waals surface area contributed by atoms with Crippen LogP contribution in [0.4, 0.5) is 0 Å². The molecule has 1 radical (unpaired) electrons. The molecule has 3 heteroatoms. The molecule has 0 bridgehead atoms. The maximum Gasteiger partial charge on any atom is 0.160 e. The van der Waals surface area contributed by atoms with Crippen molar-refractivity contribution in [2.24, 2.45) is 0 Å². The van der Waals surface area contributed by atoms with E-state index in [0.717, 1.165) is 10.0 Å². The normalized spacial score (nSPS) is 9.73. The minimum absolute atomic E-state index is 0.117. The molecule has 0 saturated heterocycles. The van der Waals surface area contributed by atoms with Crippen LogP contribution in [0.5, 0.6) is 11.5 Å². The van der Waals surface area contributed by atoms with Crippen molar-refractivity contribution in [3.05, 3.63) is 29.1 Å². The van der Waals surface area contributed by atoms with Gasteiger partial charge in [-0.2, -0.15) is 0 Å². The summed E-state index contributed by atoms with van der Waals surface area (Å²) in [5, 5.41) is 9.23. The minimum Gasteiger partial charge on any atom is -0.504 e. The SMILES string of the molecule is [CH2]c1cc(OC)c(O)cc1Br. The van der Waals surface area contributed by atoms with E-state index in [2.05, 4.69) is 22.9 Å². The van der Waals surface area contributed by atoms with Crippen molar-refractivity contribution in [3.63, 3.8) is 0 Å². The van der Waals surface area contributed by atoms with Crippen LogP contribution in [0.25, 0.3) is 0 Å². The standard InChI is InChI=1S/C8H8BrO2/c1-5-3-8(11-2)7(10)4-6(5)9/h3-4,10H,1H2,2H3. The Morgan fingerprint density at radius 1 is 1.55 bits per heavy atom. The van der Waals surface area contributed by atoms with Gasteiger partial charge < -0.3 is 9.84 Å². The molecule has 1 N–H and O–H groups in total. The lowest BCUT2D eigenvalue weighted by Crippen LogP contribution is -1.85. The lowest BCUT2D eigenvalue weighted by molar-refractivity contribution is 0.373. The lowest BCUT2D eigenvalue weighted by atomic mass is 10.2. The molecule has 1 rings (SSSR count). The number of rotatable bonds is 1. The number of phenolic OH excluding ortho intramolecular Hbond substituents is 1. The van der Waals surface area contributed by atoms with Gasteiger partial charge in [0.05, 0.1) is 7.11 Å². The predicted octanol–water partition coefficient (Wildman–Crippen LogP) is 2.35. The molecule has 11 heavy (non-hydrogen) atoms. The zero-order valence-corrected chi connectivity index (χ0v) is 7.68. The molecule has 0 amide bonds. The lowest BCUT2D eigenvalue weighted by Gasteiger charge is -2.05. The predicted molar refractivity (Wildman–Crippen MR) is 46.8 cm³/mol. The Balaban J connectivity index is 3.21. The van der Waals surface area contributed by atoms with Crippen molar-refractivity contribution in [1.29, 1.82) is 0 Å². The summed E-state index contributed by atoms with van der Waals surface area (Å²) in [6, 6.07) is 3.22. The second kappa shape index (κ2) is 3.13. The maximum absolute atomic E-state index is 9.23. The van der Waals surface area contributed by atoms with E-state index in [0.29, 0.717) is 5.75 Å². The topological polar surface area (TPSA) is 29.5 Å². The molecule has 59 valence electrons. The fourth-order valence-corrected chi connectivity index (χ4v) is 1.08. The Hall–Kier alpha value is -0.700. The van der Waals surface area contributed by atoms with E-state index in [1.54, 1.807) is 12.1 Å². The third-order valence-corrected chi connectivity index (χ3v) is 2.09. The molecule has 0 heterocycles. The van der Waals surface area contributed by atoms with Gasteiger partial charge in [0, 0.05) is 4.47 Å². The van der Waals surface area contributed by atoms with E-state index in [-0.39, 0.29) is 5.75 Å². The van der Waals surface area contributed by atoms with Crippen LogP contribution in [-0.2, 0) is 0 Å². The number of benzene rings is 1. The monoisotopic (exact) mass is 215 g/mol. The number of hydrogen-bond donors (Lipinski definition) is 1. The van der Waals surface area contributed by atoms with Crippen LogP contribution in [0.15, 0.2) is 16.6 Å². The number of aromatic hydroxyl groups is 1. The summed E-state index contributed by atoms with van der Waals surface area (Å²) >= 11 is 3.23. The Kier molecular flexibility index (Phi) is 2.39. The molecule has 1 aromatic rings. The molecular weight excluding hydrogens is 208 g/mol. The third-order valence-electron chi connectivity index (χ3n) is 1.35. The summed E-state index contributed by atoms with van der Waals surface area (Å²) < 4.78 is 5.64. The molecule has 0 aliphatic carbocycles. The summed E-state index contributed by atoms with van der Waals surface area (Å²) in [4.78, 5) is 0. The van der Waals surface area contributed by atoms with Crippen molar-refractivity contribution in [2.75, 3.05) is 7.11 Å². The van der Waals surface area contributed by atoms with Gasteiger partial charge in [0.15, 0.2) is 11.5 Å². The van der Waals surface area contributed by atoms with Crippen molar-refractivity contribution in [2.45, 2.75) is 0 Å². The van der Waals surface area contributed by atoms with Crippen molar-refractivity contribution in [1.82, 2.24) is 0 Å². The average molecular weight is 216 g/mol. The molecule has 0 fully saturated rings. The van der Waals surface area contributed by atoms with Crippen LogP contribution in [0.3, 0.4) is 0 Å². The number of phenols is 1. The smallest absolute Gasteiger partial charge is 0.160 e. The Labute approximate surface area is 73.9 Å². The molecule has 0 spiro atoms. The van der Waals surface area contributed by atoms with Gasteiger partial charge >= 0.3 is 0 Å². The minimum atomic E-state index is 0.117. The van der Waals surface area contributed by atoms with Gasteiger partial charge in [-0.05, 0) is 24.6 Å². The first-order valence-corrected chi connectivity index (χ1v) is 3.83. The molecule has 0 saturated carbocycles. The second-order valence-electron chi connectivity index (χ2n) is 2.12. The highest BCUT2D eigenvalue weighted by molar-refractivity contribution is 9.10. The molecule has 2 nitrogen and oxygen atoms in total. The Bertz CT molecular complexity index is 271. The summed E-state index contributed by atoms with van der Waals surface area (Å²) in [5.41, 5.74) is 0.791. The fraction of sp³-hybridized carbons (Fsp3) is 0.125. The second-order valence-corrected chi connectivity index (χ2v) is 2.97. The van der Waals surface area contributed by atoms with Crippen LogP contribution in [0, 0.1) is 6.92 Å². The van der Waals surface area contributed by atoms with E-state index in [9.17, 15) is 5.11 Å². The van der Waals surface area contributed by atoms with Gasteiger partial charge in [0.2, 0.25) is 0 Å². The molecule has 0 aromatic heterocycles. The van der Waals surface area contributed by atoms with Crippen LogP contribution in [-0.4, -0.2) is 12.2 Å². The average Bonchev–Trinajstić information content (AvgIpc) is 1.97. The number of ether oxygens (including phenoxy) is 1. The highest BCUT2D eigenvalue weighted by Gasteiger charge is 2.03. The molecule has 0 aliphatic rings. The van der Waals surface area contributed by atoms with Crippen molar-refractivity contribution in [3.8, 4) is 11.5 Å². The van der Waals surface area contributed by atoms with Crippen LogP contribution in [0.1, 0.15) is 5.56 Å². The quantitative estimate of drug-likeness (QED) is 0.780. The molecule has 0 unspecified atom stereocenters. The Morgan fingerprint density at radius 3 is 2.73 bits per heavy atom. The highest BCUT2D eigenvalue weighted by atomic mass is 79.9. The first-order valence-electron chi connectivity index (χ1n) is 3.03. The highest BCUT2D eigenvalue weighted by Crippen LogP contribution is 2.31. The van der Waals surface area contributed by atoms with Crippen LogP contribution >= 0.6 is 15.9 Å². The number of halogens is 1. The number of methoxy groups -OCH3 is 1.